The van der Waals surface area contributed by atoms with Gasteiger partial charge in [0.2, 0.25) is 0 Å². The van der Waals surface area contributed by atoms with Gasteiger partial charge in [-0.3, -0.25) is 0 Å². The second-order valence-electron chi connectivity index (χ2n) is 8.23. The van der Waals surface area contributed by atoms with Gasteiger partial charge in [0, 0.05) is 29.9 Å². The summed E-state index contributed by atoms with van der Waals surface area (Å²) in [6.45, 7) is 2.37. The van der Waals surface area contributed by atoms with E-state index in [1.165, 1.54) is 0 Å². The number of benzene rings is 3. The van der Waals surface area contributed by atoms with Crippen LogP contribution in [0.2, 0.25) is 0 Å². The summed E-state index contributed by atoms with van der Waals surface area (Å²) in [5.74, 6) is -0.509. The molecule has 0 aliphatic rings. The summed E-state index contributed by atoms with van der Waals surface area (Å²) >= 11 is 0. The number of esters is 1. The molecule has 4 rings (SSSR count). The number of carbonyl (C=O) groups excluding carboxylic acids is 2. The monoisotopic (exact) mass is 456 g/mol. The molecule has 6 nitrogen and oxygen atoms in total. The molecule has 1 unspecified atom stereocenters. The van der Waals surface area contributed by atoms with Gasteiger partial charge in [0.25, 0.3) is 0 Å². The highest BCUT2D eigenvalue weighted by atomic mass is 16.6. The minimum atomic E-state index is -0.880. The van der Waals surface area contributed by atoms with Crippen molar-refractivity contribution in [2.75, 3.05) is 6.61 Å². The van der Waals surface area contributed by atoms with Gasteiger partial charge in [-0.2, -0.15) is 0 Å². The molecule has 3 aromatic carbocycles. The second-order valence-corrected chi connectivity index (χ2v) is 8.23. The van der Waals surface area contributed by atoms with E-state index in [0.29, 0.717) is 6.42 Å². The van der Waals surface area contributed by atoms with E-state index in [0.717, 1.165) is 33.2 Å². The largest absolute Gasteiger partial charge is 0.459 e. The Hall–Kier alpha value is -4.06. The molecular weight excluding hydrogens is 428 g/mol. The number of alkyl carbamates (subject to hydrolysis) is 1. The number of rotatable bonds is 9. The first-order valence-corrected chi connectivity index (χ1v) is 11.3. The number of amides is 1. The van der Waals surface area contributed by atoms with Crippen molar-refractivity contribution in [3.63, 3.8) is 0 Å². The molecule has 0 saturated carbocycles. The molecule has 0 aliphatic carbocycles. The molecular formula is C28H28N2O4. The number of para-hydroxylation sites is 1. The van der Waals surface area contributed by atoms with Gasteiger partial charge in [-0.05, 0) is 29.7 Å². The molecule has 4 aromatic rings. The van der Waals surface area contributed by atoms with Crippen LogP contribution in [0.3, 0.4) is 0 Å². The van der Waals surface area contributed by atoms with Crippen molar-refractivity contribution in [1.82, 2.24) is 10.3 Å². The molecule has 0 radical (unpaired) electrons. The SMILES string of the molecule is Cc1cccc(CCOC(=O)NC(Cc2c[nH]c3ccccc23)C(=O)OCc2ccccc2)c1. The fourth-order valence-corrected chi connectivity index (χ4v) is 3.86. The van der Waals surface area contributed by atoms with Crippen LogP contribution in [0.5, 0.6) is 0 Å². The molecule has 174 valence electrons. The Kier molecular flexibility index (Phi) is 7.60. The number of hydrogen-bond acceptors (Lipinski definition) is 4. The van der Waals surface area contributed by atoms with E-state index in [4.69, 9.17) is 9.47 Å². The van der Waals surface area contributed by atoms with Gasteiger partial charge >= 0.3 is 12.1 Å². The molecule has 34 heavy (non-hydrogen) atoms. The summed E-state index contributed by atoms with van der Waals surface area (Å²) in [7, 11) is 0. The van der Waals surface area contributed by atoms with Gasteiger partial charge in [-0.25, -0.2) is 9.59 Å². The van der Waals surface area contributed by atoms with E-state index in [1.807, 2.05) is 85.9 Å². The van der Waals surface area contributed by atoms with Crippen LogP contribution >= 0.6 is 0 Å². The lowest BCUT2D eigenvalue weighted by Gasteiger charge is -2.18. The lowest BCUT2D eigenvalue weighted by atomic mass is 10.1. The number of H-pyrrole nitrogens is 1. The van der Waals surface area contributed by atoms with Gasteiger partial charge in [0.15, 0.2) is 0 Å². The number of aryl methyl sites for hydroxylation is 1. The Morgan fingerprint density at radius 3 is 2.50 bits per heavy atom. The van der Waals surface area contributed by atoms with Crippen molar-refractivity contribution in [3.8, 4) is 0 Å². The molecule has 6 heteroatoms. The number of nitrogens with one attached hydrogen (secondary N) is 2. The van der Waals surface area contributed by atoms with Gasteiger partial charge < -0.3 is 19.8 Å². The molecule has 1 aromatic heterocycles. The van der Waals surface area contributed by atoms with Crippen LogP contribution in [0.4, 0.5) is 4.79 Å². The maximum absolute atomic E-state index is 12.9. The third-order valence-corrected chi connectivity index (χ3v) is 5.61. The Labute approximate surface area is 198 Å². The predicted octanol–water partition coefficient (Wildman–Crippen LogP) is 5.10. The molecule has 0 bridgehead atoms. The number of hydrogen-bond donors (Lipinski definition) is 2. The molecule has 0 fully saturated rings. The lowest BCUT2D eigenvalue weighted by Crippen LogP contribution is -2.43. The highest BCUT2D eigenvalue weighted by Crippen LogP contribution is 2.19. The Morgan fingerprint density at radius 2 is 1.68 bits per heavy atom. The van der Waals surface area contributed by atoms with Crippen molar-refractivity contribution in [2.24, 2.45) is 0 Å². The first-order valence-electron chi connectivity index (χ1n) is 11.3. The first kappa shape index (κ1) is 23.1. The number of fused-ring (bicyclic) bond motifs is 1. The summed E-state index contributed by atoms with van der Waals surface area (Å²) < 4.78 is 10.9. The van der Waals surface area contributed by atoms with Gasteiger partial charge in [-0.15, -0.1) is 0 Å². The molecule has 0 saturated heterocycles. The summed E-state index contributed by atoms with van der Waals surface area (Å²) in [6, 6.07) is 24.4. The summed E-state index contributed by atoms with van der Waals surface area (Å²) in [5, 5.41) is 3.70. The van der Waals surface area contributed by atoms with E-state index < -0.39 is 18.1 Å². The molecule has 1 atom stereocenters. The summed E-state index contributed by atoms with van der Waals surface area (Å²) in [6.07, 6.45) is 2.09. The van der Waals surface area contributed by atoms with Crippen molar-refractivity contribution in [3.05, 3.63) is 107 Å². The van der Waals surface area contributed by atoms with E-state index in [1.54, 1.807) is 0 Å². The van der Waals surface area contributed by atoms with Crippen molar-refractivity contribution in [2.45, 2.75) is 32.4 Å². The summed E-state index contributed by atoms with van der Waals surface area (Å²) in [5.41, 5.74) is 5.00. The zero-order chi connectivity index (χ0) is 23.8. The molecule has 0 aliphatic heterocycles. The standard InChI is InChI=1S/C28H28N2O4/c1-20-8-7-11-21(16-20)14-15-33-28(32)30-26(27(31)34-19-22-9-3-2-4-10-22)17-23-18-29-25-13-6-5-12-24(23)25/h2-13,16,18,26,29H,14-15,17,19H2,1H3,(H,30,32). The van der Waals surface area contributed by atoms with E-state index >= 15 is 0 Å². The number of aromatic amines is 1. The highest BCUT2D eigenvalue weighted by Gasteiger charge is 2.25. The van der Waals surface area contributed by atoms with Crippen LogP contribution in [0.15, 0.2) is 85.1 Å². The maximum Gasteiger partial charge on any atom is 0.407 e. The molecule has 1 amide bonds. The average Bonchev–Trinajstić information content (AvgIpc) is 3.26. The molecule has 0 spiro atoms. The quantitative estimate of drug-likeness (QED) is 0.344. The normalized spacial score (nSPS) is 11.7. The maximum atomic E-state index is 12.9. The third-order valence-electron chi connectivity index (χ3n) is 5.61. The zero-order valence-electron chi connectivity index (χ0n) is 19.1. The molecule has 1 heterocycles. The van der Waals surface area contributed by atoms with Crippen molar-refractivity contribution in [1.29, 1.82) is 0 Å². The van der Waals surface area contributed by atoms with Crippen LogP contribution in [0.1, 0.15) is 22.3 Å². The Balaban J connectivity index is 1.40. The molecule has 2 N–H and O–H groups in total. The number of aromatic nitrogens is 1. The van der Waals surface area contributed by atoms with Crippen molar-refractivity contribution >= 4 is 23.0 Å². The summed E-state index contributed by atoms with van der Waals surface area (Å²) in [4.78, 5) is 28.7. The van der Waals surface area contributed by atoms with E-state index in [-0.39, 0.29) is 19.6 Å². The smallest absolute Gasteiger partial charge is 0.407 e. The Morgan fingerprint density at radius 1 is 0.912 bits per heavy atom. The van der Waals surface area contributed by atoms with Crippen LogP contribution < -0.4 is 5.32 Å². The fourth-order valence-electron chi connectivity index (χ4n) is 3.86. The van der Waals surface area contributed by atoms with E-state index in [2.05, 4.69) is 16.4 Å². The number of carbonyl (C=O) groups is 2. The van der Waals surface area contributed by atoms with Crippen LogP contribution in [0, 0.1) is 6.92 Å². The number of ether oxygens (including phenoxy) is 2. The third kappa shape index (κ3) is 6.25. The topological polar surface area (TPSA) is 80.4 Å². The highest BCUT2D eigenvalue weighted by molar-refractivity contribution is 5.86. The van der Waals surface area contributed by atoms with Crippen LogP contribution in [0.25, 0.3) is 10.9 Å². The van der Waals surface area contributed by atoms with E-state index in [9.17, 15) is 9.59 Å². The second kappa shape index (κ2) is 11.2. The zero-order valence-corrected chi connectivity index (χ0v) is 19.1. The average molecular weight is 457 g/mol. The van der Waals surface area contributed by atoms with Crippen LogP contribution in [-0.4, -0.2) is 29.7 Å². The minimum Gasteiger partial charge on any atom is -0.459 e. The fraction of sp³-hybridized carbons (Fsp3) is 0.214. The van der Waals surface area contributed by atoms with Crippen molar-refractivity contribution < 1.29 is 19.1 Å². The minimum absolute atomic E-state index is 0.133. The van der Waals surface area contributed by atoms with Gasteiger partial charge in [0.05, 0.1) is 6.61 Å². The first-order chi connectivity index (χ1) is 16.6. The van der Waals surface area contributed by atoms with Gasteiger partial charge in [-0.1, -0.05) is 78.4 Å². The predicted molar refractivity (Wildman–Crippen MR) is 131 cm³/mol. The Bertz CT molecular complexity index is 1250. The lowest BCUT2D eigenvalue weighted by molar-refractivity contribution is -0.147. The van der Waals surface area contributed by atoms with Crippen LogP contribution in [-0.2, 0) is 33.7 Å². The van der Waals surface area contributed by atoms with Gasteiger partial charge in [0.1, 0.15) is 12.6 Å².